The number of benzene rings is 2. The quantitative estimate of drug-likeness (QED) is 0.508. The largest absolute Gasteiger partial charge is 0.497 e. The molecule has 28 heavy (non-hydrogen) atoms. The summed E-state index contributed by atoms with van der Waals surface area (Å²) in [6.45, 7) is 0. The summed E-state index contributed by atoms with van der Waals surface area (Å²) >= 11 is 0. The first-order chi connectivity index (χ1) is 13.7. The van der Waals surface area contributed by atoms with Crippen LogP contribution in [-0.4, -0.2) is 30.3 Å². The third-order valence-corrected chi connectivity index (χ3v) is 5.22. The van der Waals surface area contributed by atoms with Crippen LogP contribution in [0.5, 0.6) is 11.5 Å². The normalized spacial score (nSPS) is 20.9. The first-order valence-electron chi connectivity index (χ1n) is 9.30. The van der Waals surface area contributed by atoms with Gasteiger partial charge in [-0.1, -0.05) is 29.4 Å². The third-order valence-electron chi connectivity index (χ3n) is 5.22. The maximum Gasteiger partial charge on any atom is 0.118 e. The van der Waals surface area contributed by atoms with Crippen molar-refractivity contribution in [2.24, 2.45) is 11.1 Å². The maximum atomic E-state index is 9.85. The van der Waals surface area contributed by atoms with E-state index in [1.807, 2.05) is 54.6 Å². The molecule has 1 fully saturated rings. The standard InChI is InChI=1S/C22H26N2O4/c1-27-18-10-6-15(7-11-18)14-17-4-3-5-20(22(17)24-26)21(23-25)16-8-12-19(28-2)13-9-16/h6-14,20-21,23,25-26H,3-5H2,1-2H3/b17-14+,24-22+/t20-,21-/m1/s1. The minimum Gasteiger partial charge on any atom is -0.497 e. The summed E-state index contributed by atoms with van der Waals surface area (Å²) in [5.74, 6) is 1.39. The second-order valence-electron chi connectivity index (χ2n) is 6.81. The fourth-order valence-corrected chi connectivity index (χ4v) is 3.73. The smallest absolute Gasteiger partial charge is 0.118 e. The van der Waals surface area contributed by atoms with Gasteiger partial charge in [-0.05, 0) is 66.3 Å². The van der Waals surface area contributed by atoms with Crippen molar-refractivity contribution in [1.29, 1.82) is 0 Å². The van der Waals surface area contributed by atoms with Gasteiger partial charge in [0.2, 0.25) is 0 Å². The molecule has 2 atom stereocenters. The van der Waals surface area contributed by atoms with Gasteiger partial charge >= 0.3 is 0 Å². The number of allylic oxidation sites excluding steroid dienone is 1. The zero-order valence-corrected chi connectivity index (χ0v) is 16.1. The van der Waals surface area contributed by atoms with Crippen LogP contribution in [0.2, 0.25) is 0 Å². The average molecular weight is 382 g/mol. The molecule has 0 aromatic heterocycles. The van der Waals surface area contributed by atoms with Crippen LogP contribution in [0.15, 0.2) is 59.3 Å². The lowest BCUT2D eigenvalue weighted by atomic mass is 9.77. The zero-order valence-electron chi connectivity index (χ0n) is 16.1. The molecule has 148 valence electrons. The molecule has 0 unspecified atom stereocenters. The van der Waals surface area contributed by atoms with Gasteiger partial charge < -0.3 is 19.9 Å². The Balaban J connectivity index is 1.88. The van der Waals surface area contributed by atoms with Crippen molar-refractivity contribution >= 4 is 11.8 Å². The number of hydrogen-bond acceptors (Lipinski definition) is 6. The first-order valence-corrected chi connectivity index (χ1v) is 9.30. The van der Waals surface area contributed by atoms with Crippen molar-refractivity contribution in [3.05, 3.63) is 65.2 Å². The van der Waals surface area contributed by atoms with Gasteiger partial charge in [-0.25, -0.2) is 0 Å². The fourth-order valence-electron chi connectivity index (χ4n) is 3.73. The molecule has 0 aliphatic heterocycles. The number of nitrogens with zero attached hydrogens (tertiary/aromatic N) is 1. The van der Waals surface area contributed by atoms with Crippen LogP contribution in [-0.2, 0) is 0 Å². The molecule has 0 heterocycles. The molecule has 2 aromatic carbocycles. The van der Waals surface area contributed by atoms with E-state index < -0.39 is 0 Å². The number of ether oxygens (including phenoxy) is 2. The first kappa shape index (κ1) is 19.9. The monoisotopic (exact) mass is 382 g/mol. The molecule has 2 aromatic rings. The minimum atomic E-state index is -0.378. The second-order valence-corrected chi connectivity index (χ2v) is 6.81. The lowest BCUT2D eigenvalue weighted by molar-refractivity contribution is 0.106. The molecule has 0 saturated heterocycles. The van der Waals surface area contributed by atoms with E-state index in [0.717, 1.165) is 47.5 Å². The molecular weight excluding hydrogens is 356 g/mol. The second kappa shape index (κ2) is 9.39. The Bertz CT molecular complexity index is 829. The zero-order chi connectivity index (χ0) is 19.9. The van der Waals surface area contributed by atoms with Crippen molar-refractivity contribution in [1.82, 2.24) is 5.48 Å². The maximum absolute atomic E-state index is 9.85. The molecule has 0 spiro atoms. The van der Waals surface area contributed by atoms with Gasteiger partial charge in [0.15, 0.2) is 0 Å². The highest BCUT2D eigenvalue weighted by Gasteiger charge is 2.33. The van der Waals surface area contributed by atoms with Gasteiger partial charge in [0, 0.05) is 5.92 Å². The Hall–Kier alpha value is -2.83. The highest BCUT2D eigenvalue weighted by atomic mass is 16.5. The third kappa shape index (κ3) is 4.35. The van der Waals surface area contributed by atoms with Gasteiger partial charge in [0.1, 0.15) is 11.5 Å². The summed E-state index contributed by atoms with van der Waals surface area (Å²) in [5.41, 5.74) is 5.90. The molecule has 0 amide bonds. The Morgan fingerprint density at radius 3 is 2.18 bits per heavy atom. The highest BCUT2D eigenvalue weighted by Crippen LogP contribution is 2.36. The lowest BCUT2D eigenvalue weighted by Crippen LogP contribution is -2.34. The number of oxime groups is 1. The predicted molar refractivity (Wildman–Crippen MR) is 108 cm³/mol. The summed E-state index contributed by atoms with van der Waals surface area (Å²) < 4.78 is 10.4. The molecule has 6 nitrogen and oxygen atoms in total. The van der Waals surface area contributed by atoms with Crippen LogP contribution in [0.25, 0.3) is 6.08 Å². The van der Waals surface area contributed by atoms with Gasteiger partial charge in [-0.2, -0.15) is 5.48 Å². The Kier molecular flexibility index (Phi) is 6.68. The minimum absolute atomic E-state index is 0.151. The van der Waals surface area contributed by atoms with Crippen molar-refractivity contribution in [2.45, 2.75) is 25.3 Å². The number of hydroxylamine groups is 1. The number of nitrogens with one attached hydrogen (secondary N) is 1. The van der Waals surface area contributed by atoms with Gasteiger partial charge in [0.25, 0.3) is 0 Å². The van der Waals surface area contributed by atoms with E-state index in [-0.39, 0.29) is 12.0 Å². The van der Waals surface area contributed by atoms with E-state index in [0.29, 0.717) is 5.71 Å². The van der Waals surface area contributed by atoms with E-state index in [9.17, 15) is 10.4 Å². The Morgan fingerprint density at radius 1 is 1.04 bits per heavy atom. The van der Waals surface area contributed by atoms with E-state index in [2.05, 4.69) is 10.6 Å². The highest BCUT2D eigenvalue weighted by molar-refractivity contribution is 6.06. The van der Waals surface area contributed by atoms with Gasteiger partial charge in [-0.15, -0.1) is 0 Å². The average Bonchev–Trinajstić information content (AvgIpc) is 2.75. The Morgan fingerprint density at radius 2 is 1.64 bits per heavy atom. The molecule has 3 N–H and O–H groups in total. The van der Waals surface area contributed by atoms with Crippen LogP contribution >= 0.6 is 0 Å². The van der Waals surface area contributed by atoms with E-state index >= 15 is 0 Å². The van der Waals surface area contributed by atoms with Gasteiger partial charge in [-0.3, -0.25) is 0 Å². The molecule has 6 heteroatoms. The van der Waals surface area contributed by atoms with Crippen molar-refractivity contribution in [2.75, 3.05) is 14.2 Å². The molecule has 3 rings (SSSR count). The predicted octanol–water partition coefficient (Wildman–Crippen LogP) is 4.44. The topological polar surface area (TPSA) is 83.3 Å². The molecule has 1 saturated carbocycles. The van der Waals surface area contributed by atoms with Crippen molar-refractivity contribution in [3.63, 3.8) is 0 Å². The number of rotatable bonds is 6. The summed E-state index contributed by atoms with van der Waals surface area (Å²) in [5, 5.41) is 23.2. The lowest BCUT2D eigenvalue weighted by Gasteiger charge is -2.31. The summed E-state index contributed by atoms with van der Waals surface area (Å²) in [4.78, 5) is 0. The molecule has 1 aliphatic rings. The summed E-state index contributed by atoms with van der Waals surface area (Å²) in [7, 11) is 3.25. The molecule has 0 radical (unpaired) electrons. The van der Waals surface area contributed by atoms with E-state index in [4.69, 9.17) is 9.47 Å². The van der Waals surface area contributed by atoms with Crippen LogP contribution in [0, 0.1) is 5.92 Å². The SMILES string of the molecule is COc1ccc(/C=C2\CCC[C@H]([C@H](NO)c3ccc(OC)cc3)\C2=N\O)cc1. The number of methoxy groups -OCH3 is 2. The fraction of sp³-hybridized carbons (Fsp3) is 0.318. The van der Waals surface area contributed by atoms with Crippen molar-refractivity contribution in [3.8, 4) is 11.5 Å². The summed E-state index contributed by atoms with van der Waals surface area (Å²) in [6.07, 6.45) is 4.61. The van der Waals surface area contributed by atoms with Crippen LogP contribution in [0.3, 0.4) is 0 Å². The molecule has 0 bridgehead atoms. The van der Waals surface area contributed by atoms with Crippen LogP contribution in [0.4, 0.5) is 0 Å². The molecular formula is C22H26N2O4. The van der Waals surface area contributed by atoms with E-state index in [1.165, 1.54) is 0 Å². The van der Waals surface area contributed by atoms with Gasteiger partial charge in [0.05, 0.1) is 26.0 Å². The van der Waals surface area contributed by atoms with Crippen LogP contribution < -0.4 is 15.0 Å². The molecule has 1 aliphatic carbocycles. The summed E-state index contributed by atoms with van der Waals surface area (Å²) in [6, 6.07) is 14.9. The number of hydrogen-bond donors (Lipinski definition) is 3. The van der Waals surface area contributed by atoms with Crippen LogP contribution in [0.1, 0.15) is 36.4 Å². The van der Waals surface area contributed by atoms with E-state index in [1.54, 1.807) is 14.2 Å². The van der Waals surface area contributed by atoms with Crippen molar-refractivity contribution < 1.29 is 19.9 Å². The Labute approximate surface area is 165 Å².